The number of rotatable bonds is 10. The van der Waals surface area contributed by atoms with E-state index in [0.717, 1.165) is 55.7 Å². The van der Waals surface area contributed by atoms with Crippen LogP contribution in [0.5, 0.6) is 5.75 Å². The highest BCUT2D eigenvalue weighted by Gasteiger charge is 2.35. The predicted molar refractivity (Wildman–Crippen MR) is 165 cm³/mol. The van der Waals surface area contributed by atoms with Crippen LogP contribution in [0.15, 0.2) is 52.5 Å². The third kappa shape index (κ3) is 5.22. The minimum Gasteiger partial charge on any atom is -0.492 e. The van der Waals surface area contributed by atoms with Gasteiger partial charge in [0.2, 0.25) is 5.43 Å². The number of carbonyl (C=O) groups is 2. The minimum atomic E-state index is -1.22. The number of likely N-dealkylation sites (N-methyl/N-ethyl adjacent to an activating group) is 1. The zero-order valence-electron chi connectivity index (χ0n) is 24.8. The van der Waals surface area contributed by atoms with E-state index in [4.69, 9.17) is 9.57 Å². The molecule has 1 saturated heterocycles. The number of nitrogens with zero attached hydrogens (tertiary/aromatic N) is 5. The lowest BCUT2D eigenvalue weighted by molar-refractivity contribution is -0.112. The Morgan fingerprint density at radius 1 is 1.12 bits per heavy atom. The van der Waals surface area contributed by atoms with Crippen LogP contribution in [0.3, 0.4) is 0 Å². The molecule has 1 amide bonds. The summed E-state index contributed by atoms with van der Waals surface area (Å²) in [5, 5.41) is 14.1. The summed E-state index contributed by atoms with van der Waals surface area (Å²) in [4.78, 5) is 49.8. The second kappa shape index (κ2) is 11.7. The molecule has 2 fully saturated rings. The molecule has 226 valence electrons. The van der Waals surface area contributed by atoms with Gasteiger partial charge in [-0.3, -0.25) is 14.5 Å². The van der Waals surface area contributed by atoms with Gasteiger partial charge in [-0.25, -0.2) is 4.79 Å². The van der Waals surface area contributed by atoms with E-state index in [-0.39, 0.29) is 23.6 Å². The number of carboxylic acids is 1. The quantitative estimate of drug-likeness (QED) is 0.357. The Morgan fingerprint density at radius 3 is 2.63 bits per heavy atom. The maximum Gasteiger partial charge on any atom is 0.341 e. The molecule has 2 aliphatic heterocycles. The van der Waals surface area contributed by atoms with Gasteiger partial charge in [0.1, 0.15) is 12.2 Å². The van der Waals surface area contributed by atoms with Crippen LogP contribution in [0.1, 0.15) is 54.6 Å². The Hall–Kier alpha value is -4.38. The highest BCUT2D eigenvalue weighted by atomic mass is 16.6. The Bertz CT molecular complexity index is 1660. The van der Waals surface area contributed by atoms with Crippen molar-refractivity contribution in [2.75, 3.05) is 56.7 Å². The third-order valence-corrected chi connectivity index (χ3v) is 8.72. The number of hydrogen-bond donors (Lipinski definition) is 1. The molecule has 0 radical (unpaired) electrons. The molecule has 3 aromatic rings. The van der Waals surface area contributed by atoms with E-state index in [1.165, 1.54) is 6.20 Å². The molecule has 1 unspecified atom stereocenters. The molecule has 3 heterocycles. The first kappa shape index (κ1) is 28.7. The third-order valence-electron chi connectivity index (χ3n) is 8.72. The lowest BCUT2D eigenvalue weighted by atomic mass is 10.0. The van der Waals surface area contributed by atoms with Crippen LogP contribution in [0.4, 0.5) is 11.4 Å². The van der Waals surface area contributed by atoms with Crippen molar-refractivity contribution >= 4 is 39.9 Å². The molecular formula is C32H37N5O6. The smallest absolute Gasteiger partial charge is 0.341 e. The van der Waals surface area contributed by atoms with Crippen LogP contribution in [0.2, 0.25) is 0 Å². The van der Waals surface area contributed by atoms with Crippen molar-refractivity contribution in [1.82, 2.24) is 9.47 Å². The van der Waals surface area contributed by atoms with Gasteiger partial charge in [0.05, 0.1) is 29.4 Å². The number of piperidine rings is 1. The fraction of sp³-hybridized carbons (Fsp3) is 0.438. The number of carboxylic acid groups (broad SMARTS) is 1. The van der Waals surface area contributed by atoms with Gasteiger partial charge in [-0.2, -0.15) is 0 Å². The number of ether oxygens (including phenoxy) is 1. The molecule has 6 rings (SSSR count). The maximum atomic E-state index is 13.3. The zero-order valence-corrected chi connectivity index (χ0v) is 24.8. The zero-order chi connectivity index (χ0) is 30.2. The molecule has 0 bridgehead atoms. The molecule has 1 aliphatic carbocycles. The number of aromatic nitrogens is 1. The number of fused-ring (bicyclic) bond motifs is 2. The molecule has 11 heteroatoms. The van der Waals surface area contributed by atoms with Crippen LogP contribution in [-0.2, 0) is 9.63 Å². The van der Waals surface area contributed by atoms with Crippen LogP contribution >= 0.6 is 0 Å². The van der Waals surface area contributed by atoms with Gasteiger partial charge in [0.15, 0.2) is 11.5 Å². The number of anilines is 2. The van der Waals surface area contributed by atoms with E-state index in [0.29, 0.717) is 42.1 Å². The number of benzene rings is 2. The first-order valence-corrected chi connectivity index (χ1v) is 14.9. The molecule has 11 nitrogen and oxygen atoms in total. The van der Waals surface area contributed by atoms with E-state index >= 15 is 0 Å². The van der Waals surface area contributed by atoms with Crippen LogP contribution in [0, 0.1) is 0 Å². The van der Waals surface area contributed by atoms with E-state index in [1.54, 1.807) is 18.1 Å². The highest BCUT2D eigenvalue weighted by Crippen LogP contribution is 2.43. The summed E-state index contributed by atoms with van der Waals surface area (Å²) in [7, 11) is 3.69. The number of carbonyl (C=O) groups excluding carboxylic acids is 1. The summed E-state index contributed by atoms with van der Waals surface area (Å²) < 4.78 is 7.87. The van der Waals surface area contributed by atoms with Crippen molar-refractivity contribution in [3.05, 3.63) is 63.9 Å². The van der Waals surface area contributed by atoms with Gasteiger partial charge < -0.3 is 29.0 Å². The summed E-state index contributed by atoms with van der Waals surface area (Å²) in [6.45, 7) is 5.01. The van der Waals surface area contributed by atoms with Gasteiger partial charge in [0, 0.05) is 50.0 Å². The average Bonchev–Trinajstić information content (AvgIpc) is 3.83. The number of para-hydroxylation sites is 1. The lowest BCUT2D eigenvalue weighted by Crippen LogP contribution is -2.49. The molecule has 43 heavy (non-hydrogen) atoms. The molecular weight excluding hydrogens is 550 g/mol. The summed E-state index contributed by atoms with van der Waals surface area (Å²) in [5.41, 5.74) is 2.81. The second-order valence-corrected chi connectivity index (χ2v) is 11.4. The fourth-order valence-corrected chi connectivity index (χ4v) is 6.33. The minimum absolute atomic E-state index is 0.151. The van der Waals surface area contributed by atoms with Crippen LogP contribution in [-0.4, -0.2) is 85.1 Å². The summed E-state index contributed by atoms with van der Waals surface area (Å²) in [6.07, 6.45) is 5.33. The van der Waals surface area contributed by atoms with Crippen molar-refractivity contribution in [2.24, 2.45) is 5.16 Å². The summed E-state index contributed by atoms with van der Waals surface area (Å²) in [6, 6.07) is 11.7. The van der Waals surface area contributed by atoms with E-state index in [1.807, 2.05) is 41.8 Å². The predicted octanol–water partition coefficient (Wildman–Crippen LogP) is 3.73. The Morgan fingerprint density at radius 2 is 1.91 bits per heavy atom. The van der Waals surface area contributed by atoms with E-state index < -0.39 is 11.4 Å². The van der Waals surface area contributed by atoms with Crippen molar-refractivity contribution in [2.45, 2.75) is 44.7 Å². The fourth-order valence-electron chi connectivity index (χ4n) is 6.33. The second-order valence-electron chi connectivity index (χ2n) is 11.4. The van der Waals surface area contributed by atoms with Crippen molar-refractivity contribution in [1.29, 1.82) is 0 Å². The Kier molecular flexibility index (Phi) is 7.83. The number of oxime groups is 1. The maximum absolute atomic E-state index is 13.3. The topological polar surface area (TPSA) is 117 Å². The van der Waals surface area contributed by atoms with Crippen molar-refractivity contribution in [3.8, 4) is 5.75 Å². The first-order valence-electron chi connectivity index (χ1n) is 14.9. The number of aromatic carboxylic acids is 1. The molecule has 1 N–H and O–H groups in total. The molecule has 3 aliphatic rings. The van der Waals surface area contributed by atoms with Gasteiger partial charge in [0.25, 0.3) is 5.91 Å². The number of methoxy groups -OCH3 is 1. The van der Waals surface area contributed by atoms with Crippen molar-refractivity contribution < 1.29 is 24.3 Å². The molecule has 1 atom stereocenters. The normalized spacial score (nSPS) is 19.4. The van der Waals surface area contributed by atoms with E-state index in [9.17, 15) is 19.5 Å². The highest BCUT2D eigenvalue weighted by molar-refractivity contribution is 6.54. The van der Waals surface area contributed by atoms with Gasteiger partial charge >= 0.3 is 5.97 Å². The first-order chi connectivity index (χ1) is 20.8. The molecule has 0 spiro atoms. The standard InChI is InChI=1S/C32H37N5O6/c1-4-43-33-27-22-9-5-6-10-25(22)36(31(27)39)17-16-34(2)21-8-7-15-35(18-21)26-14-13-23-28(30(26)42-3)37(20-11-12-20)19-24(29(23)38)32(40)41/h5-6,9-10,13-14,19-21H,4,7-8,11-12,15-18H2,1-3H3,(H,40,41)/b33-27+. The monoisotopic (exact) mass is 587 g/mol. The number of amides is 1. The van der Waals surface area contributed by atoms with Gasteiger partial charge in [-0.15, -0.1) is 0 Å². The Labute approximate surface area is 249 Å². The number of pyridine rings is 1. The molecule has 1 aromatic heterocycles. The van der Waals surface area contributed by atoms with Crippen LogP contribution in [0.25, 0.3) is 10.9 Å². The van der Waals surface area contributed by atoms with E-state index in [2.05, 4.69) is 22.0 Å². The largest absolute Gasteiger partial charge is 0.492 e. The number of hydrogen-bond acceptors (Lipinski definition) is 8. The van der Waals surface area contributed by atoms with Gasteiger partial charge in [-0.1, -0.05) is 23.4 Å². The molecule has 2 aromatic carbocycles. The van der Waals surface area contributed by atoms with Crippen LogP contribution < -0.4 is 20.0 Å². The SMILES string of the molecule is CCO/N=C1/C(=O)N(CCN(C)C2CCCN(c3ccc4c(=O)c(C(=O)O)cn(C5CC5)c4c3OC)C2)c2ccccc21. The van der Waals surface area contributed by atoms with Crippen molar-refractivity contribution in [3.63, 3.8) is 0 Å². The van der Waals surface area contributed by atoms with Gasteiger partial charge in [-0.05, 0) is 57.9 Å². The molecule has 1 saturated carbocycles. The summed E-state index contributed by atoms with van der Waals surface area (Å²) >= 11 is 0. The average molecular weight is 588 g/mol. The lowest BCUT2D eigenvalue weighted by Gasteiger charge is -2.39. The summed E-state index contributed by atoms with van der Waals surface area (Å²) in [5.74, 6) is -0.771. The Balaban J connectivity index is 1.23.